The van der Waals surface area contributed by atoms with E-state index in [9.17, 15) is 4.79 Å². The lowest BCUT2D eigenvalue weighted by Crippen LogP contribution is -2.31. The number of amides is 1. The average Bonchev–Trinajstić information content (AvgIpc) is 2.27. The summed E-state index contributed by atoms with van der Waals surface area (Å²) >= 11 is 0. The van der Waals surface area contributed by atoms with Gasteiger partial charge in [-0.2, -0.15) is 0 Å². The Kier molecular flexibility index (Phi) is 6.05. The van der Waals surface area contributed by atoms with E-state index in [-0.39, 0.29) is 11.9 Å². The summed E-state index contributed by atoms with van der Waals surface area (Å²) in [5, 5.41) is 9.13. The Balaban J connectivity index is 2.46. The Bertz CT molecular complexity index is 419. The predicted molar refractivity (Wildman–Crippen MR) is 77.3 cm³/mol. The second-order valence-corrected chi connectivity index (χ2v) is 4.61. The summed E-state index contributed by atoms with van der Waals surface area (Å²) in [4.78, 5) is 20.0. The molecule has 0 bridgehead atoms. The van der Waals surface area contributed by atoms with Gasteiger partial charge in [0.2, 0.25) is 5.91 Å². The fourth-order valence-corrected chi connectivity index (χ4v) is 1.63. The maximum atomic E-state index is 11.5. The molecule has 0 fully saturated rings. The first-order valence-electron chi connectivity index (χ1n) is 6.64. The molecule has 0 aliphatic carbocycles. The lowest BCUT2D eigenvalue weighted by molar-refractivity contribution is -0.121. The lowest BCUT2D eigenvalue weighted by Gasteiger charge is -2.10. The van der Waals surface area contributed by atoms with Crippen molar-refractivity contribution in [1.29, 1.82) is 0 Å². The monoisotopic (exact) mass is 265 g/mol. The summed E-state index contributed by atoms with van der Waals surface area (Å²) in [5.74, 6) is 2.28. The van der Waals surface area contributed by atoms with Crippen molar-refractivity contribution in [3.8, 4) is 0 Å². The molecule has 6 heteroatoms. The number of nitrogens with zero attached hydrogens (tertiary/aromatic N) is 2. The summed E-state index contributed by atoms with van der Waals surface area (Å²) in [6.45, 7) is 9.12. The van der Waals surface area contributed by atoms with Gasteiger partial charge >= 0.3 is 0 Å². The van der Waals surface area contributed by atoms with Gasteiger partial charge in [-0.1, -0.05) is 0 Å². The van der Waals surface area contributed by atoms with Crippen LogP contribution < -0.4 is 16.0 Å². The van der Waals surface area contributed by atoms with Gasteiger partial charge in [0.05, 0.1) is 0 Å². The number of hydrogen-bond donors (Lipinski definition) is 3. The van der Waals surface area contributed by atoms with E-state index in [1.165, 1.54) is 0 Å². The van der Waals surface area contributed by atoms with E-state index in [1.54, 1.807) is 0 Å². The molecule has 0 aliphatic heterocycles. The van der Waals surface area contributed by atoms with E-state index in [2.05, 4.69) is 25.9 Å². The topological polar surface area (TPSA) is 78.9 Å². The van der Waals surface area contributed by atoms with E-state index in [4.69, 9.17) is 0 Å². The largest absolute Gasteiger partial charge is 0.370 e. The molecule has 0 aliphatic rings. The molecule has 6 nitrogen and oxygen atoms in total. The molecule has 0 saturated carbocycles. The Hall–Kier alpha value is -1.85. The third-order valence-electron chi connectivity index (χ3n) is 2.30. The number of nitrogens with one attached hydrogen (secondary N) is 3. The van der Waals surface area contributed by atoms with E-state index in [0.717, 1.165) is 18.2 Å². The fraction of sp³-hybridized carbons (Fsp3) is 0.615. The Morgan fingerprint density at radius 3 is 2.47 bits per heavy atom. The fourth-order valence-electron chi connectivity index (χ4n) is 1.63. The molecule has 0 atom stereocenters. The summed E-state index contributed by atoms with van der Waals surface area (Å²) in [7, 11) is 0. The molecule has 3 N–H and O–H groups in total. The van der Waals surface area contributed by atoms with Crippen LogP contribution in [0.15, 0.2) is 6.07 Å². The van der Waals surface area contributed by atoms with Crippen molar-refractivity contribution in [2.45, 2.75) is 40.2 Å². The van der Waals surface area contributed by atoms with Crippen molar-refractivity contribution in [1.82, 2.24) is 15.3 Å². The molecular weight excluding hydrogens is 242 g/mol. The number of hydrogen-bond acceptors (Lipinski definition) is 5. The molecule has 0 saturated heterocycles. The maximum absolute atomic E-state index is 11.5. The summed E-state index contributed by atoms with van der Waals surface area (Å²) < 4.78 is 0. The zero-order chi connectivity index (χ0) is 14.3. The van der Waals surface area contributed by atoms with E-state index < -0.39 is 0 Å². The minimum Gasteiger partial charge on any atom is -0.370 e. The summed E-state index contributed by atoms with van der Waals surface area (Å²) in [5.41, 5.74) is 0. The van der Waals surface area contributed by atoms with Crippen LogP contribution in [0.4, 0.5) is 11.6 Å². The Morgan fingerprint density at radius 2 is 1.89 bits per heavy atom. The van der Waals surface area contributed by atoms with E-state index in [0.29, 0.717) is 18.8 Å². The summed E-state index contributed by atoms with van der Waals surface area (Å²) in [6, 6.07) is 2.02. The first-order valence-corrected chi connectivity index (χ1v) is 6.64. The van der Waals surface area contributed by atoms with Crippen molar-refractivity contribution in [2.75, 3.05) is 23.7 Å². The highest BCUT2D eigenvalue weighted by molar-refractivity contribution is 5.76. The first kappa shape index (κ1) is 15.2. The number of rotatable bonds is 7. The van der Waals surface area contributed by atoms with Crippen LogP contribution >= 0.6 is 0 Å². The smallest absolute Gasteiger partial charge is 0.221 e. The molecule has 1 heterocycles. The normalized spacial score (nSPS) is 10.4. The van der Waals surface area contributed by atoms with Gasteiger partial charge in [-0.05, 0) is 27.7 Å². The van der Waals surface area contributed by atoms with Crippen molar-refractivity contribution in [3.05, 3.63) is 11.9 Å². The van der Waals surface area contributed by atoms with Crippen LogP contribution in [-0.2, 0) is 4.79 Å². The van der Waals surface area contributed by atoms with Crippen LogP contribution in [-0.4, -0.2) is 35.0 Å². The van der Waals surface area contributed by atoms with Crippen LogP contribution in [0, 0.1) is 6.92 Å². The average molecular weight is 265 g/mol. The zero-order valence-corrected chi connectivity index (χ0v) is 12.1. The molecule has 0 spiro atoms. The van der Waals surface area contributed by atoms with Gasteiger partial charge in [0.1, 0.15) is 17.5 Å². The highest BCUT2D eigenvalue weighted by Gasteiger charge is 2.04. The van der Waals surface area contributed by atoms with Crippen LogP contribution in [0.1, 0.15) is 33.0 Å². The first-order chi connectivity index (χ1) is 9.01. The quantitative estimate of drug-likeness (QED) is 0.697. The molecule has 0 unspecified atom stereocenters. The van der Waals surface area contributed by atoms with Crippen LogP contribution in [0.5, 0.6) is 0 Å². The van der Waals surface area contributed by atoms with Gasteiger partial charge in [-0.15, -0.1) is 0 Å². The van der Waals surface area contributed by atoms with Crippen LogP contribution in [0.3, 0.4) is 0 Å². The Morgan fingerprint density at radius 1 is 1.26 bits per heavy atom. The molecule has 1 aromatic heterocycles. The van der Waals surface area contributed by atoms with Crippen molar-refractivity contribution in [3.63, 3.8) is 0 Å². The second kappa shape index (κ2) is 7.56. The third kappa shape index (κ3) is 6.03. The zero-order valence-electron chi connectivity index (χ0n) is 12.1. The van der Waals surface area contributed by atoms with Gasteiger partial charge in [-0.25, -0.2) is 9.97 Å². The van der Waals surface area contributed by atoms with Gasteiger partial charge in [0, 0.05) is 31.6 Å². The van der Waals surface area contributed by atoms with Crippen LogP contribution in [0.2, 0.25) is 0 Å². The van der Waals surface area contributed by atoms with E-state index >= 15 is 0 Å². The van der Waals surface area contributed by atoms with Gasteiger partial charge in [0.25, 0.3) is 0 Å². The molecule has 0 aromatic carbocycles. The molecule has 1 aromatic rings. The van der Waals surface area contributed by atoms with Crippen LogP contribution in [0.25, 0.3) is 0 Å². The molecule has 1 amide bonds. The van der Waals surface area contributed by atoms with Gasteiger partial charge in [0.15, 0.2) is 0 Å². The highest BCUT2D eigenvalue weighted by atomic mass is 16.1. The lowest BCUT2D eigenvalue weighted by atomic mass is 10.3. The van der Waals surface area contributed by atoms with Crippen molar-refractivity contribution < 1.29 is 4.79 Å². The number of carbonyl (C=O) groups excluding carboxylic acids is 1. The number of carbonyl (C=O) groups is 1. The van der Waals surface area contributed by atoms with Crippen molar-refractivity contribution >= 4 is 17.5 Å². The standard InChI is InChI=1S/C13H23N5O/c1-5-14-11-8-12(18-10(4)17-11)15-7-6-13(19)16-9(2)3/h8-9H,5-7H2,1-4H3,(H,16,19)(H2,14,15,17,18). The number of aryl methyl sites for hydroxylation is 1. The molecule has 1 rings (SSSR count). The number of anilines is 2. The molecular formula is C13H23N5O. The number of aromatic nitrogens is 2. The highest BCUT2D eigenvalue weighted by Crippen LogP contribution is 2.10. The molecule has 106 valence electrons. The SMILES string of the molecule is CCNc1cc(NCCC(=O)NC(C)C)nc(C)n1. The van der Waals surface area contributed by atoms with Crippen molar-refractivity contribution in [2.24, 2.45) is 0 Å². The van der Waals surface area contributed by atoms with Gasteiger partial charge in [-0.3, -0.25) is 4.79 Å². The maximum Gasteiger partial charge on any atom is 0.221 e. The third-order valence-corrected chi connectivity index (χ3v) is 2.30. The minimum atomic E-state index is 0.0418. The molecule has 19 heavy (non-hydrogen) atoms. The second-order valence-electron chi connectivity index (χ2n) is 4.61. The summed E-state index contributed by atoms with van der Waals surface area (Å²) in [6.07, 6.45) is 0.428. The van der Waals surface area contributed by atoms with Gasteiger partial charge < -0.3 is 16.0 Å². The molecule has 0 radical (unpaired) electrons. The minimum absolute atomic E-state index is 0.0418. The van der Waals surface area contributed by atoms with E-state index in [1.807, 2.05) is 33.8 Å². The Labute approximate surface area is 114 Å². The predicted octanol–water partition coefficient (Wildman–Crippen LogP) is 1.54.